The molecule has 110 valence electrons. The Morgan fingerprint density at radius 2 is 1.90 bits per heavy atom. The van der Waals surface area contributed by atoms with Crippen LogP contribution in [0.4, 0.5) is 0 Å². The van der Waals surface area contributed by atoms with Gasteiger partial charge in [0.1, 0.15) is 5.54 Å². The maximum atomic E-state index is 12.3. The van der Waals surface area contributed by atoms with Crippen LogP contribution in [-0.4, -0.2) is 22.5 Å². The Kier molecular flexibility index (Phi) is 4.43. The van der Waals surface area contributed by atoms with E-state index in [1.807, 2.05) is 48.7 Å². The second-order valence-electron chi connectivity index (χ2n) is 5.19. The van der Waals surface area contributed by atoms with Crippen LogP contribution >= 0.6 is 11.3 Å². The average Bonchev–Trinajstić information content (AvgIpc) is 2.86. The van der Waals surface area contributed by atoms with Crippen molar-refractivity contribution in [2.24, 2.45) is 0 Å². The van der Waals surface area contributed by atoms with Gasteiger partial charge < -0.3 is 10.4 Å². The summed E-state index contributed by atoms with van der Waals surface area (Å²) in [6.07, 6.45) is 0.235. The molecule has 0 spiro atoms. The monoisotopic (exact) mass is 303 g/mol. The molecule has 0 saturated heterocycles. The Balaban J connectivity index is 2.21. The Morgan fingerprint density at radius 1 is 1.24 bits per heavy atom. The van der Waals surface area contributed by atoms with E-state index in [0.29, 0.717) is 4.88 Å². The van der Waals surface area contributed by atoms with E-state index >= 15 is 0 Å². The van der Waals surface area contributed by atoms with Crippen LogP contribution in [0.25, 0.3) is 0 Å². The van der Waals surface area contributed by atoms with Gasteiger partial charge in [0.15, 0.2) is 0 Å². The molecule has 0 aliphatic rings. The van der Waals surface area contributed by atoms with Gasteiger partial charge in [0.05, 0.1) is 4.88 Å². The Morgan fingerprint density at radius 3 is 2.43 bits per heavy atom. The van der Waals surface area contributed by atoms with Crippen molar-refractivity contribution in [3.8, 4) is 0 Å². The fraction of sp³-hybridized carbons (Fsp3) is 0.250. The van der Waals surface area contributed by atoms with Crippen LogP contribution < -0.4 is 5.32 Å². The molecule has 2 rings (SSSR count). The summed E-state index contributed by atoms with van der Waals surface area (Å²) in [5.41, 5.74) is 0.380. The number of carbonyl (C=O) groups excluding carboxylic acids is 1. The summed E-state index contributed by atoms with van der Waals surface area (Å²) in [5, 5.41) is 14.0. The van der Waals surface area contributed by atoms with Crippen LogP contribution in [0.3, 0.4) is 0 Å². The standard InChI is InChI=1S/C16H17NO3S/c1-11-8-9-21-13(11)14(18)17-16(2,15(19)20)10-12-6-4-3-5-7-12/h3-9H,10H2,1-2H3,(H,17,18)(H,19,20)/t16-/m1/s1. The number of aryl methyl sites for hydroxylation is 1. The number of rotatable bonds is 5. The summed E-state index contributed by atoms with van der Waals surface area (Å²) in [4.78, 5) is 24.4. The van der Waals surface area contributed by atoms with E-state index < -0.39 is 11.5 Å². The number of carboxylic acid groups (broad SMARTS) is 1. The molecule has 1 atom stereocenters. The number of carboxylic acids is 1. The second kappa shape index (κ2) is 6.10. The molecule has 4 nitrogen and oxygen atoms in total. The first-order valence-corrected chi connectivity index (χ1v) is 7.44. The van der Waals surface area contributed by atoms with Gasteiger partial charge in [-0.25, -0.2) is 4.79 Å². The van der Waals surface area contributed by atoms with Crippen LogP contribution in [0.1, 0.15) is 27.7 Å². The highest BCUT2D eigenvalue weighted by molar-refractivity contribution is 7.12. The molecule has 0 bridgehead atoms. The lowest BCUT2D eigenvalue weighted by molar-refractivity contribution is -0.143. The maximum absolute atomic E-state index is 12.3. The summed E-state index contributed by atoms with van der Waals surface area (Å²) in [5.74, 6) is -1.39. The summed E-state index contributed by atoms with van der Waals surface area (Å²) in [6.45, 7) is 3.36. The van der Waals surface area contributed by atoms with Gasteiger partial charge in [-0.1, -0.05) is 30.3 Å². The molecule has 5 heteroatoms. The molecule has 0 aliphatic carbocycles. The van der Waals surface area contributed by atoms with E-state index in [2.05, 4.69) is 5.32 Å². The van der Waals surface area contributed by atoms with Crippen molar-refractivity contribution in [1.82, 2.24) is 5.32 Å². The number of nitrogens with one attached hydrogen (secondary N) is 1. The topological polar surface area (TPSA) is 66.4 Å². The molecule has 2 aromatic rings. The van der Waals surface area contributed by atoms with E-state index in [-0.39, 0.29) is 12.3 Å². The highest BCUT2D eigenvalue weighted by atomic mass is 32.1. The minimum absolute atomic E-state index is 0.235. The second-order valence-corrected chi connectivity index (χ2v) is 6.10. The summed E-state index contributed by atoms with van der Waals surface area (Å²) >= 11 is 1.31. The summed E-state index contributed by atoms with van der Waals surface area (Å²) < 4.78 is 0. The Labute approximate surface area is 127 Å². The molecular formula is C16H17NO3S. The molecule has 1 amide bonds. The van der Waals surface area contributed by atoms with Crippen LogP contribution in [-0.2, 0) is 11.2 Å². The minimum Gasteiger partial charge on any atom is -0.480 e. The molecule has 1 heterocycles. The molecular weight excluding hydrogens is 286 g/mol. The molecule has 0 radical (unpaired) electrons. The smallest absolute Gasteiger partial charge is 0.329 e. The fourth-order valence-corrected chi connectivity index (χ4v) is 2.91. The number of thiophene rings is 1. The van der Waals surface area contributed by atoms with Crippen LogP contribution in [0.5, 0.6) is 0 Å². The Bertz CT molecular complexity index is 651. The molecule has 0 saturated carbocycles. The molecule has 1 aromatic heterocycles. The van der Waals surface area contributed by atoms with Gasteiger partial charge in [0.2, 0.25) is 0 Å². The molecule has 0 fully saturated rings. The first-order chi connectivity index (χ1) is 9.92. The van der Waals surface area contributed by atoms with Crippen LogP contribution in [0, 0.1) is 6.92 Å². The van der Waals surface area contributed by atoms with Gasteiger partial charge in [-0.15, -0.1) is 11.3 Å². The van der Waals surface area contributed by atoms with E-state index in [1.54, 1.807) is 0 Å². The van der Waals surface area contributed by atoms with Gasteiger partial charge in [-0.2, -0.15) is 0 Å². The van der Waals surface area contributed by atoms with Gasteiger partial charge in [-0.3, -0.25) is 4.79 Å². The number of benzene rings is 1. The predicted octanol–water partition coefficient (Wildman–Crippen LogP) is 2.87. The zero-order valence-electron chi connectivity index (χ0n) is 11.9. The van der Waals surface area contributed by atoms with Crippen LogP contribution in [0.15, 0.2) is 41.8 Å². The van der Waals surface area contributed by atoms with Gasteiger partial charge >= 0.3 is 5.97 Å². The first-order valence-electron chi connectivity index (χ1n) is 6.56. The molecule has 1 aromatic carbocycles. The fourth-order valence-electron chi connectivity index (χ4n) is 2.09. The molecule has 0 unspecified atom stereocenters. The molecule has 21 heavy (non-hydrogen) atoms. The van der Waals surface area contributed by atoms with Gasteiger partial charge in [0, 0.05) is 6.42 Å². The summed E-state index contributed by atoms with van der Waals surface area (Å²) in [6, 6.07) is 11.1. The lowest BCUT2D eigenvalue weighted by Crippen LogP contribution is -2.53. The zero-order chi connectivity index (χ0) is 15.5. The van der Waals surface area contributed by atoms with Crippen molar-refractivity contribution < 1.29 is 14.7 Å². The number of aliphatic carboxylic acids is 1. The summed E-state index contributed by atoms with van der Waals surface area (Å²) in [7, 11) is 0. The number of hydrogen-bond acceptors (Lipinski definition) is 3. The van der Waals surface area contributed by atoms with E-state index in [1.165, 1.54) is 18.3 Å². The quantitative estimate of drug-likeness (QED) is 0.892. The van der Waals surface area contributed by atoms with Crippen LogP contribution in [0.2, 0.25) is 0 Å². The maximum Gasteiger partial charge on any atom is 0.329 e. The first kappa shape index (κ1) is 15.3. The predicted molar refractivity (Wildman–Crippen MR) is 82.7 cm³/mol. The zero-order valence-corrected chi connectivity index (χ0v) is 12.7. The van der Waals surface area contributed by atoms with Crippen molar-refractivity contribution in [2.75, 3.05) is 0 Å². The number of carbonyl (C=O) groups is 2. The number of amides is 1. The third-order valence-corrected chi connectivity index (χ3v) is 4.35. The van der Waals surface area contributed by atoms with Gasteiger partial charge in [0.25, 0.3) is 5.91 Å². The SMILES string of the molecule is Cc1ccsc1C(=O)N[C@](C)(Cc1ccccc1)C(=O)O. The normalized spacial score (nSPS) is 13.4. The van der Waals surface area contributed by atoms with E-state index in [9.17, 15) is 14.7 Å². The van der Waals surface area contributed by atoms with Gasteiger partial charge in [-0.05, 0) is 36.4 Å². The minimum atomic E-state index is -1.34. The average molecular weight is 303 g/mol. The number of hydrogen-bond donors (Lipinski definition) is 2. The third kappa shape index (κ3) is 3.49. The third-order valence-electron chi connectivity index (χ3n) is 3.33. The molecule has 0 aliphatic heterocycles. The highest BCUT2D eigenvalue weighted by Crippen LogP contribution is 2.19. The van der Waals surface area contributed by atoms with Crippen molar-refractivity contribution in [3.05, 3.63) is 57.8 Å². The van der Waals surface area contributed by atoms with E-state index in [4.69, 9.17) is 0 Å². The Hall–Kier alpha value is -2.14. The van der Waals surface area contributed by atoms with E-state index in [0.717, 1.165) is 11.1 Å². The highest BCUT2D eigenvalue weighted by Gasteiger charge is 2.35. The van der Waals surface area contributed by atoms with Crippen molar-refractivity contribution in [1.29, 1.82) is 0 Å². The lowest BCUT2D eigenvalue weighted by Gasteiger charge is -2.26. The van der Waals surface area contributed by atoms with Crippen molar-refractivity contribution in [3.63, 3.8) is 0 Å². The van der Waals surface area contributed by atoms with Crippen molar-refractivity contribution in [2.45, 2.75) is 25.8 Å². The molecule has 2 N–H and O–H groups in total. The van der Waals surface area contributed by atoms with Crippen molar-refractivity contribution >= 4 is 23.2 Å². The lowest BCUT2D eigenvalue weighted by atomic mass is 9.92. The largest absolute Gasteiger partial charge is 0.480 e.